The highest BCUT2D eigenvalue weighted by atomic mass is 32.1. The minimum Gasteiger partial charge on any atom is -0.465 e. The number of hydrogen-bond acceptors (Lipinski definition) is 6. The van der Waals surface area contributed by atoms with Crippen molar-refractivity contribution in [2.75, 3.05) is 38.6 Å². The molecule has 1 aliphatic rings. The van der Waals surface area contributed by atoms with Crippen LogP contribution in [0.15, 0.2) is 41.1 Å². The van der Waals surface area contributed by atoms with E-state index in [2.05, 4.69) is 38.1 Å². The van der Waals surface area contributed by atoms with Crippen LogP contribution in [0.4, 0.5) is 5.82 Å². The van der Waals surface area contributed by atoms with Crippen molar-refractivity contribution in [3.8, 4) is 0 Å². The second kappa shape index (κ2) is 9.93. The van der Waals surface area contributed by atoms with Crippen molar-refractivity contribution < 1.29 is 9.53 Å². The van der Waals surface area contributed by atoms with Gasteiger partial charge < -0.3 is 19.9 Å². The molecule has 1 aliphatic heterocycles. The molecule has 1 fully saturated rings. The van der Waals surface area contributed by atoms with Crippen LogP contribution in [0.25, 0.3) is 21.8 Å². The van der Waals surface area contributed by atoms with E-state index in [1.807, 2.05) is 18.2 Å². The van der Waals surface area contributed by atoms with Crippen LogP contribution in [0.3, 0.4) is 0 Å². The molecule has 6 nitrogen and oxygen atoms in total. The lowest BCUT2D eigenvalue weighted by Gasteiger charge is -2.26. The predicted molar refractivity (Wildman–Crippen MR) is 135 cm³/mol. The van der Waals surface area contributed by atoms with Gasteiger partial charge in [0, 0.05) is 34.9 Å². The number of pyridine rings is 1. The fourth-order valence-corrected chi connectivity index (χ4v) is 5.41. The number of esters is 1. The minimum absolute atomic E-state index is 0.331. The summed E-state index contributed by atoms with van der Waals surface area (Å²) >= 11 is 1.71. The minimum atomic E-state index is -0.331. The summed E-state index contributed by atoms with van der Waals surface area (Å²) in [6.07, 6.45) is 5.90. The van der Waals surface area contributed by atoms with Crippen molar-refractivity contribution in [1.29, 1.82) is 0 Å². The number of benzene rings is 1. The molecule has 5 rings (SSSR count). The molecule has 1 aromatic carbocycles. The molecular formula is C26H30N4O2S. The van der Waals surface area contributed by atoms with E-state index in [0.717, 1.165) is 59.2 Å². The van der Waals surface area contributed by atoms with Crippen LogP contribution in [-0.4, -0.2) is 54.1 Å². The molecule has 172 valence electrons. The van der Waals surface area contributed by atoms with Crippen molar-refractivity contribution in [2.24, 2.45) is 0 Å². The number of carbonyl (C=O) groups is 1. The first-order chi connectivity index (χ1) is 16.2. The van der Waals surface area contributed by atoms with Gasteiger partial charge in [0.15, 0.2) is 0 Å². The standard InChI is InChI=1S/C26H30N4O2S/c1-32-26(31)19-6-7-21-22(15-19)29-23-16-20(14-18-8-13-33-17-18)28-25(24(21)23)27-9-5-12-30-10-3-2-4-11-30/h6-8,13,15-17,29H,2-5,9-12,14H2,1H3,(H,27,28). The summed E-state index contributed by atoms with van der Waals surface area (Å²) in [6.45, 7) is 4.46. The molecule has 0 unspecified atom stereocenters. The first kappa shape index (κ1) is 21.9. The first-order valence-electron chi connectivity index (χ1n) is 11.7. The zero-order valence-electron chi connectivity index (χ0n) is 19.0. The summed E-state index contributed by atoms with van der Waals surface area (Å²) in [5.41, 5.74) is 4.79. The summed E-state index contributed by atoms with van der Waals surface area (Å²) in [7, 11) is 1.41. The van der Waals surface area contributed by atoms with Gasteiger partial charge in [-0.1, -0.05) is 12.5 Å². The largest absolute Gasteiger partial charge is 0.465 e. The van der Waals surface area contributed by atoms with Gasteiger partial charge in [0.05, 0.1) is 18.2 Å². The Labute approximate surface area is 198 Å². The van der Waals surface area contributed by atoms with Crippen molar-refractivity contribution in [2.45, 2.75) is 32.1 Å². The molecule has 0 bridgehead atoms. The Morgan fingerprint density at radius 2 is 2.06 bits per heavy atom. The SMILES string of the molecule is COC(=O)c1ccc2c(c1)[nH]c1cc(Cc3ccsc3)nc(NCCCN3CCCCC3)c12. The van der Waals surface area contributed by atoms with Gasteiger partial charge >= 0.3 is 5.97 Å². The van der Waals surface area contributed by atoms with Crippen LogP contribution in [0.5, 0.6) is 0 Å². The highest BCUT2D eigenvalue weighted by molar-refractivity contribution is 7.07. The topological polar surface area (TPSA) is 70.2 Å². The second-order valence-corrected chi connectivity index (χ2v) is 9.53. The monoisotopic (exact) mass is 462 g/mol. The number of piperidine rings is 1. The lowest BCUT2D eigenvalue weighted by molar-refractivity contribution is 0.0601. The van der Waals surface area contributed by atoms with E-state index in [1.165, 1.54) is 45.0 Å². The third-order valence-corrected chi connectivity index (χ3v) is 7.14. The highest BCUT2D eigenvalue weighted by Crippen LogP contribution is 2.32. The maximum atomic E-state index is 12.0. The number of thiophene rings is 1. The fourth-order valence-electron chi connectivity index (χ4n) is 4.74. The third-order valence-electron chi connectivity index (χ3n) is 6.41. The van der Waals surface area contributed by atoms with E-state index in [0.29, 0.717) is 5.56 Å². The molecule has 0 atom stereocenters. The van der Waals surface area contributed by atoms with Gasteiger partial charge in [-0.05, 0) is 79.5 Å². The lowest BCUT2D eigenvalue weighted by Crippen LogP contribution is -2.31. The van der Waals surface area contributed by atoms with Gasteiger partial charge in [0.1, 0.15) is 5.82 Å². The number of carbonyl (C=O) groups excluding carboxylic acids is 1. The third kappa shape index (κ3) is 4.89. The Balaban J connectivity index is 1.44. The fraction of sp³-hybridized carbons (Fsp3) is 0.385. The Kier molecular flexibility index (Phi) is 6.60. The number of aromatic amines is 1. The molecule has 7 heteroatoms. The molecule has 0 amide bonds. The summed E-state index contributed by atoms with van der Waals surface area (Å²) < 4.78 is 4.90. The smallest absolute Gasteiger partial charge is 0.337 e. The number of anilines is 1. The van der Waals surface area contributed by atoms with Crippen LogP contribution in [0.2, 0.25) is 0 Å². The molecule has 0 spiro atoms. The molecule has 0 saturated carbocycles. The number of likely N-dealkylation sites (tertiary alicyclic amines) is 1. The number of rotatable bonds is 8. The maximum Gasteiger partial charge on any atom is 0.337 e. The van der Waals surface area contributed by atoms with E-state index in [9.17, 15) is 4.79 Å². The van der Waals surface area contributed by atoms with Crippen LogP contribution in [-0.2, 0) is 11.2 Å². The van der Waals surface area contributed by atoms with Gasteiger partial charge in [-0.25, -0.2) is 9.78 Å². The van der Waals surface area contributed by atoms with Crippen molar-refractivity contribution in [3.63, 3.8) is 0 Å². The molecule has 2 N–H and O–H groups in total. The van der Waals surface area contributed by atoms with Crippen LogP contribution >= 0.6 is 11.3 Å². The van der Waals surface area contributed by atoms with E-state index in [4.69, 9.17) is 9.72 Å². The zero-order valence-corrected chi connectivity index (χ0v) is 19.8. The molecule has 0 radical (unpaired) electrons. The lowest BCUT2D eigenvalue weighted by atomic mass is 10.1. The van der Waals surface area contributed by atoms with E-state index >= 15 is 0 Å². The molecule has 1 saturated heterocycles. The van der Waals surface area contributed by atoms with Gasteiger partial charge in [0.2, 0.25) is 0 Å². The zero-order chi connectivity index (χ0) is 22.6. The number of nitrogens with zero attached hydrogens (tertiary/aromatic N) is 2. The van der Waals surface area contributed by atoms with Gasteiger partial charge in [-0.15, -0.1) is 0 Å². The molecular weight excluding hydrogens is 432 g/mol. The first-order valence-corrected chi connectivity index (χ1v) is 12.7. The molecule has 4 aromatic rings. The van der Waals surface area contributed by atoms with E-state index < -0.39 is 0 Å². The summed E-state index contributed by atoms with van der Waals surface area (Å²) in [4.78, 5) is 23.1. The number of aromatic nitrogens is 2. The Hall–Kier alpha value is -2.90. The molecule has 4 heterocycles. The van der Waals surface area contributed by atoms with Crippen molar-refractivity contribution >= 4 is 44.9 Å². The Bertz CT molecular complexity index is 1240. The van der Waals surface area contributed by atoms with Crippen molar-refractivity contribution in [1.82, 2.24) is 14.9 Å². The number of methoxy groups -OCH3 is 1. The Morgan fingerprint density at radius 3 is 2.85 bits per heavy atom. The van der Waals surface area contributed by atoms with Crippen molar-refractivity contribution in [3.05, 3.63) is 57.9 Å². The highest BCUT2D eigenvalue weighted by Gasteiger charge is 2.15. The van der Waals surface area contributed by atoms with E-state index in [-0.39, 0.29) is 5.97 Å². The van der Waals surface area contributed by atoms with Gasteiger partial charge in [-0.3, -0.25) is 0 Å². The second-order valence-electron chi connectivity index (χ2n) is 8.75. The predicted octanol–water partition coefficient (Wildman–Crippen LogP) is 5.44. The summed E-state index contributed by atoms with van der Waals surface area (Å²) in [6, 6.07) is 9.94. The average Bonchev–Trinajstić information content (AvgIpc) is 3.48. The molecule has 3 aromatic heterocycles. The van der Waals surface area contributed by atoms with Crippen LogP contribution < -0.4 is 5.32 Å². The number of hydrogen-bond donors (Lipinski definition) is 2. The number of fused-ring (bicyclic) bond motifs is 3. The number of nitrogens with one attached hydrogen (secondary N) is 2. The Morgan fingerprint density at radius 1 is 1.18 bits per heavy atom. The summed E-state index contributed by atoms with van der Waals surface area (Å²) in [5.74, 6) is 0.580. The summed E-state index contributed by atoms with van der Waals surface area (Å²) in [5, 5.41) is 10.0. The van der Waals surface area contributed by atoms with Gasteiger partial charge in [0.25, 0.3) is 0 Å². The van der Waals surface area contributed by atoms with Crippen LogP contribution in [0.1, 0.15) is 47.3 Å². The quantitative estimate of drug-likeness (QED) is 0.269. The number of ether oxygens (including phenoxy) is 1. The van der Waals surface area contributed by atoms with E-state index in [1.54, 1.807) is 11.3 Å². The maximum absolute atomic E-state index is 12.0. The normalized spacial score (nSPS) is 14.7. The number of H-pyrrole nitrogens is 1. The molecule has 33 heavy (non-hydrogen) atoms. The average molecular weight is 463 g/mol. The van der Waals surface area contributed by atoms with Crippen LogP contribution in [0, 0.1) is 0 Å². The van der Waals surface area contributed by atoms with Gasteiger partial charge in [-0.2, -0.15) is 11.3 Å². The molecule has 0 aliphatic carbocycles.